The Labute approximate surface area is 112 Å². The number of halogens is 1. The average molecular weight is 272 g/mol. The van der Waals surface area contributed by atoms with Gasteiger partial charge in [0.2, 0.25) is 0 Å². The molecule has 0 aromatic carbocycles. The maximum absolute atomic E-state index is 12.4. The van der Waals surface area contributed by atoms with Gasteiger partial charge in [-0.05, 0) is 19.9 Å². The molecule has 0 saturated heterocycles. The Morgan fingerprint density at radius 1 is 1.61 bits per heavy atom. The molecule has 1 heterocycles. The molecule has 1 aromatic rings. The second-order valence-corrected chi connectivity index (χ2v) is 4.57. The smallest absolute Gasteiger partial charge is 0.256 e. The zero-order valence-electron chi connectivity index (χ0n) is 10.8. The van der Waals surface area contributed by atoms with Gasteiger partial charge in [0.15, 0.2) is 0 Å². The van der Waals surface area contributed by atoms with Crippen molar-refractivity contribution in [2.24, 2.45) is 0 Å². The monoisotopic (exact) mass is 271 g/mol. The van der Waals surface area contributed by atoms with E-state index >= 15 is 0 Å². The van der Waals surface area contributed by atoms with Crippen molar-refractivity contribution in [3.05, 3.63) is 23.0 Å². The van der Waals surface area contributed by atoms with Gasteiger partial charge in [-0.3, -0.25) is 4.79 Å². The predicted octanol–water partition coefficient (Wildman–Crippen LogP) is 1.81. The number of rotatable bonds is 5. The molecule has 18 heavy (non-hydrogen) atoms. The SMILES string of the molecule is COCCN(C(=O)c1cc(Cl)ncc1N)C(C)C. The van der Waals surface area contributed by atoms with Crippen LogP contribution in [0.5, 0.6) is 0 Å². The Hall–Kier alpha value is -1.33. The van der Waals surface area contributed by atoms with Crippen LogP contribution in [0.2, 0.25) is 5.15 Å². The molecule has 100 valence electrons. The van der Waals surface area contributed by atoms with Crippen molar-refractivity contribution in [1.82, 2.24) is 9.88 Å². The summed E-state index contributed by atoms with van der Waals surface area (Å²) in [6.07, 6.45) is 1.39. The number of ether oxygens (including phenoxy) is 1. The van der Waals surface area contributed by atoms with Crippen LogP contribution in [0.4, 0.5) is 5.69 Å². The van der Waals surface area contributed by atoms with E-state index in [4.69, 9.17) is 22.1 Å². The van der Waals surface area contributed by atoms with E-state index in [2.05, 4.69) is 4.98 Å². The Morgan fingerprint density at radius 3 is 2.83 bits per heavy atom. The Bertz CT molecular complexity index is 424. The molecule has 5 nitrogen and oxygen atoms in total. The zero-order valence-corrected chi connectivity index (χ0v) is 11.6. The van der Waals surface area contributed by atoms with Gasteiger partial charge in [0.1, 0.15) is 5.15 Å². The lowest BCUT2D eigenvalue weighted by Crippen LogP contribution is -2.39. The molecular formula is C12H18ClN3O2. The van der Waals surface area contributed by atoms with Gasteiger partial charge in [-0.25, -0.2) is 4.98 Å². The highest BCUT2D eigenvalue weighted by Gasteiger charge is 2.21. The van der Waals surface area contributed by atoms with Crippen LogP contribution in [0.3, 0.4) is 0 Å². The van der Waals surface area contributed by atoms with E-state index in [0.717, 1.165) is 0 Å². The number of carbonyl (C=O) groups is 1. The third-order valence-electron chi connectivity index (χ3n) is 2.55. The van der Waals surface area contributed by atoms with Crippen LogP contribution in [-0.2, 0) is 4.74 Å². The van der Waals surface area contributed by atoms with Gasteiger partial charge >= 0.3 is 0 Å². The Kier molecular flexibility index (Phi) is 5.37. The highest BCUT2D eigenvalue weighted by molar-refractivity contribution is 6.29. The molecule has 0 unspecified atom stereocenters. The molecule has 0 saturated carbocycles. The average Bonchev–Trinajstić information content (AvgIpc) is 2.32. The van der Waals surface area contributed by atoms with Crippen molar-refractivity contribution >= 4 is 23.2 Å². The van der Waals surface area contributed by atoms with E-state index in [1.165, 1.54) is 12.3 Å². The first-order valence-corrected chi connectivity index (χ1v) is 6.06. The molecule has 0 aliphatic heterocycles. The Balaban J connectivity index is 2.98. The number of methoxy groups -OCH3 is 1. The maximum Gasteiger partial charge on any atom is 0.256 e. The van der Waals surface area contributed by atoms with Crippen molar-refractivity contribution in [2.45, 2.75) is 19.9 Å². The van der Waals surface area contributed by atoms with E-state index in [9.17, 15) is 4.79 Å². The lowest BCUT2D eigenvalue weighted by Gasteiger charge is -2.27. The molecule has 1 amide bonds. The van der Waals surface area contributed by atoms with Crippen LogP contribution < -0.4 is 5.73 Å². The van der Waals surface area contributed by atoms with E-state index in [-0.39, 0.29) is 17.1 Å². The first-order chi connectivity index (χ1) is 8.47. The number of carbonyl (C=O) groups excluding carboxylic acids is 1. The standard InChI is InChI=1S/C12H18ClN3O2/c1-8(2)16(4-5-18-3)12(17)9-6-11(13)15-7-10(9)14/h6-8H,4-5,14H2,1-3H3. The van der Waals surface area contributed by atoms with Gasteiger partial charge in [-0.15, -0.1) is 0 Å². The van der Waals surface area contributed by atoms with Crippen molar-refractivity contribution in [1.29, 1.82) is 0 Å². The normalized spacial score (nSPS) is 10.7. The molecule has 1 aromatic heterocycles. The van der Waals surface area contributed by atoms with Crippen LogP contribution >= 0.6 is 11.6 Å². The fraction of sp³-hybridized carbons (Fsp3) is 0.500. The number of anilines is 1. The quantitative estimate of drug-likeness (QED) is 0.830. The highest BCUT2D eigenvalue weighted by Crippen LogP contribution is 2.18. The number of nitrogens with zero attached hydrogens (tertiary/aromatic N) is 2. The molecule has 0 bridgehead atoms. The summed E-state index contributed by atoms with van der Waals surface area (Å²) in [5.74, 6) is -0.163. The van der Waals surface area contributed by atoms with Gasteiger partial charge in [-0.1, -0.05) is 11.6 Å². The summed E-state index contributed by atoms with van der Waals surface area (Å²) in [5, 5.41) is 0.253. The minimum Gasteiger partial charge on any atom is -0.397 e. The third-order valence-corrected chi connectivity index (χ3v) is 2.76. The number of aromatic nitrogens is 1. The minimum absolute atomic E-state index is 0.0546. The van der Waals surface area contributed by atoms with Crippen molar-refractivity contribution in [2.75, 3.05) is 26.0 Å². The van der Waals surface area contributed by atoms with Crippen molar-refractivity contribution in [3.8, 4) is 0 Å². The molecule has 6 heteroatoms. The van der Waals surface area contributed by atoms with Crippen LogP contribution in [0.1, 0.15) is 24.2 Å². The van der Waals surface area contributed by atoms with Gasteiger partial charge in [0.25, 0.3) is 5.91 Å². The molecule has 2 N–H and O–H groups in total. The summed E-state index contributed by atoms with van der Waals surface area (Å²) >= 11 is 5.79. The molecule has 0 fully saturated rings. The van der Waals surface area contributed by atoms with Crippen LogP contribution in [0.25, 0.3) is 0 Å². The van der Waals surface area contributed by atoms with Crippen molar-refractivity contribution in [3.63, 3.8) is 0 Å². The summed E-state index contributed by atoms with van der Waals surface area (Å²) in [6, 6.07) is 1.54. The second kappa shape index (κ2) is 6.56. The molecule has 0 spiro atoms. The minimum atomic E-state index is -0.163. The molecule has 0 radical (unpaired) electrons. The highest BCUT2D eigenvalue weighted by atomic mass is 35.5. The number of pyridine rings is 1. The van der Waals surface area contributed by atoms with Gasteiger partial charge in [0.05, 0.1) is 24.1 Å². The fourth-order valence-corrected chi connectivity index (χ4v) is 1.72. The third kappa shape index (κ3) is 3.58. The summed E-state index contributed by atoms with van der Waals surface area (Å²) in [4.78, 5) is 17.9. The lowest BCUT2D eigenvalue weighted by molar-refractivity contribution is 0.0636. The maximum atomic E-state index is 12.4. The molecule has 0 aliphatic carbocycles. The second-order valence-electron chi connectivity index (χ2n) is 4.18. The lowest BCUT2D eigenvalue weighted by atomic mass is 10.1. The predicted molar refractivity (Wildman–Crippen MR) is 71.7 cm³/mol. The van der Waals surface area contributed by atoms with Gasteiger partial charge in [-0.2, -0.15) is 0 Å². The first kappa shape index (κ1) is 14.7. The van der Waals surface area contributed by atoms with E-state index < -0.39 is 0 Å². The summed E-state index contributed by atoms with van der Waals surface area (Å²) < 4.78 is 5.00. The zero-order chi connectivity index (χ0) is 13.7. The van der Waals surface area contributed by atoms with E-state index in [0.29, 0.717) is 24.4 Å². The number of nitrogens with two attached hydrogens (primary N) is 1. The summed E-state index contributed by atoms with van der Waals surface area (Å²) in [7, 11) is 1.60. The summed E-state index contributed by atoms with van der Waals surface area (Å²) in [5.41, 5.74) is 6.46. The molecular weight excluding hydrogens is 254 g/mol. The van der Waals surface area contributed by atoms with Gasteiger partial charge < -0.3 is 15.4 Å². The largest absolute Gasteiger partial charge is 0.397 e. The fourth-order valence-electron chi connectivity index (χ4n) is 1.56. The number of hydrogen-bond acceptors (Lipinski definition) is 4. The molecule has 0 atom stereocenters. The number of nitrogen functional groups attached to an aromatic ring is 1. The molecule has 0 aliphatic rings. The molecule has 1 rings (SSSR count). The first-order valence-electron chi connectivity index (χ1n) is 5.68. The van der Waals surface area contributed by atoms with Crippen LogP contribution in [0.15, 0.2) is 12.3 Å². The summed E-state index contributed by atoms with van der Waals surface area (Å²) in [6.45, 7) is 4.86. The van der Waals surface area contributed by atoms with Crippen molar-refractivity contribution < 1.29 is 9.53 Å². The van der Waals surface area contributed by atoms with Crippen LogP contribution in [-0.4, -0.2) is 42.1 Å². The number of amides is 1. The topological polar surface area (TPSA) is 68.5 Å². The van der Waals surface area contributed by atoms with Crippen LogP contribution in [0, 0.1) is 0 Å². The number of hydrogen-bond donors (Lipinski definition) is 1. The Morgan fingerprint density at radius 2 is 2.28 bits per heavy atom. The van der Waals surface area contributed by atoms with E-state index in [1.54, 1.807) is 12.0 Å². The van der Waals surface area contributed by atoms with E-state index in [1.807, 2.05) is 13.8 Å². The van der Waals surface area contributed by atoms with Gasteiger partial charge in [0, 0.05) is 19.7 Å².